The third kappa shape index (κ3) is 7.74. The molecule has 2 amide bonds. The van der Waals surface area contributed by atoms with E-state index in [0.717, 1.165) is 11.1 Å². The van der Waals surface area contributed by atoms with Crippen molar-refractivity contribution in [2.75, 3.05) is 39.4 Å². The van der Waals surface area contributed by atoms with Gasteiger partial charge >= 0.3 is 18.2 Å². The van der Waals surface area contributed by atoms with Crippen LogP contribution in [0.25, 0.3) is 0 Å². The summed E-state index contributed by atoms with van der Waals surface area (Å²) in [6.07, 6.45) is -4.49. The lowest BCUT2D eigenvalue weighted by atomic mass is 9.99. The lowest BCUT2D eigenvalue weighted by Crippen LogP contribution is -2.47. The van der Waals surface area contributed by atoms with Gasteiger partial charge in [0.25, 0.3) is 0 Å². The largest absolute Gasteiger partial charge is 0.491 e. The van der Waals surface area contributed by atoms with Crippen molar-refractivity contribution in [2.45, 2.75) is 51.9 Å². The van der Waals surface area contributed by atoms with Gasteiger partial charge in [0.15, 0.2) is 0 Å². The second-order valence-electron chi connectivity index (χ2n) is 9.87. The van der Waals surface area contributed by atoms with Crippen LogP contribution in [-0.4, -0.2) is 84.0 Å². The van der Waals surface area contributed by atoms with Gasteiger partial charge in [-0.15, -0.1) is 0 Å². The molecular formula is C24H33F3N4O5. The first-order chi connectivity index (χ1) is 16.9. The Balaban J connectivity index is 1.71. The number of carbonyl (C=O) groups excluding carboxylic acids is 2. The minimum absolute atomic E-state index is 0.0108. The van der Waals surface area contributed by atoms with Crippen LogP contribution in [0, 0.1) is 5.92 Å². The summed E-state index contributed by atoms with van der Waals surface area (Å²) >= 11 is 0. The van der Waals surface area contributed by atoms with Gasteiger partial charge in [0.05, 0.1) is 6.61 Å². The summed E-state index contributed by atoms with van der Waals surface area (Å²) in [6.45, 7) is 7.03. The van der Waals surface area contributed by atoms with Crippen LogP contribution in [0.15, 0.2) is 23.2 Å². The maximum atomic E-state index is 13.1. The quantitative estimate of drug-likeness (QED) is 0.460. The highest BCUT2D eigenvalue weighted by atomic mass is 19.4. The minimum Gasteiger partial charge on any atom is -0.491 e. The smallest absolute Gasteiger partial charge is 0.473 e. The molecule has 0 radical (unpaired) electrons. The second kappa shape index (κ2) is 11.4. The number of aliphatic hydroxyl groups is 1. The summed E-state index contributed by atoms with van der Waals surface area (Å²) in [7, 11) is 0. The van der Waals surface area contributed by atoms with E-state index in [-0.39, 0.29) is 31.6 Å². The average Bonchev–Trinajstić information content (AvgIpc) is 3.26. The van der Waals surface area contributed by atoms with E-state index in [1.807, 2.05) is 12.1 Å². The number of nitrogens with one attached hydrogen (secondary N) is 1. The van der Waals surface area contributed by atoms with Crippen molar-refractivity contribution in [1.82, 2.24) is 15.1 Å². The molecule has 0 aliphatic carbocycles. The summed E-state index contributed by atoms with van der Waals surface area (Å²) in [5.41, 5.74) is 1.25. The van der Waals surface area contributed by atoms with Crippen molar-refractivity contribution < 1.29 is 37.3 Å². The Labute approximate surface area is 208 Å². The number of hydrogen-bond acceptors (Lipinski definition) is 5. The fourth-order valence-electron chi connectivity index (χ4n) is 4.17. The minimum atomic E-state index is -5.07. The molecule has 1 saturated heterocycles. The van der Waals surface area contributed by atoms with Crippen LogP contribution in [0.5, 0.6) is 5.75 Å². The first-order valence-electron chi connectivity index (χ1n) is 11.9. The molecule has 2 N–H and O–H groups in total. The number of benzene rings is 1. The van der Waals surface area contributed by atoms with E-state index in [1.165, 1.54) is 0 Å². The molecule has 2 aliphatic rings. The van der Waals surface area contributed by atoms with Crippen molar-refractivity contribution in [3.8, 4) is 5.75 Å². The number of alkyl halides is 3. The lowest BCUT2D eigenvalue weighted by molar-refractivity contribution is -0.169. The van der Waals surface area contributed by atoms with Crippen LogP contribution in [0.1, 0.15) is 38.3 Å². The molecule has 0 bridgehead atoms. The summed E-state index contributed by atoms with van der Waals surface area (Å²) in [5.74, 6) is -1.58. The number of amides is 2. The molecule has 200 valence electrons. The van der Waals surface area contributed by atoms with Crippen molar-refractivity contribution >= 4 is 18.0 Å². The number of rotatable bonds is 5. The molecule has 1 aromatic rings. The number of ether oxygens (including phenoxy) is 2. The molecule has 0 spiro atoms. The normalized spacial score (nSPS) is 18.6. The molecule has 1 fully saturated rings. The highest BCUT2D eigenvalue weighted by molar-refractivity contribution is 5.96. The predicted octanol–water partition coefficient (Wildman–Crippen LogP) is 2.71. The maximum Gasteiger partial charge on any atom is 0.473 e. The second-order valence-corrected chi connectivity index (χ2v) is 9.87. The Morgan fingerprint density at radius 3 is 2.58 bits per heavy atom. The molecule has 2 aliphatic heterocycles. The molecule has 1 atom stereocenters. The van der Waals surface area contributed by atoms with Gasteiger partial charge in [-0.2, -0.15) is 18.2 Å². The van der Waals surface area contributed by atoms with Crippen molar-refractivity contribution in [2.24, 2.45) is 10.9 Å². The number of aliphatic hydroxyl groups excluding tert-OH is 1. The van der Waals surface area contributed by atoms with E-state index in [2.05, 4.69) is 10.3 Å². The molecular weight excluding hydrogens is 481 g/mol. The molecule has 3 rings (SSSR count). The summed E-state index contributed by atoms with van der Waals surface area (Å²) in [4.78, 5) is 30.6. The number of aliphatic imine (C=N–C) groups is 1. The summed E-state index contributed by atoms with van der Waals surface area (Å²) in [6, 6.07) is 5.42. The third-order valence-corrected chi connectivity index (χ3v) is 5.78. The number of carbonyl (C=O) groups is 2. The van der Waals surface area contributed by atoms with E-state index < -0.39 is 23.8 Å². The Bertz CT molecular complexity index is 977. The van der Waals surface area contributed by atoms with Crippen molar-refractivity contribution in [3.63, 3.8) is 0 Å². The monoisotopic (exact) mass is 514 g/mol. The van der Waals surface area contributed by atoms with E-state index >= 15 is 0 Å². The first-order valence-corrected chi connectivity index (χ1v) is 11.9. The fourth-order valence-corrected chi connectivity index (χ4v) is 4.17. The zero-order chi connectivity index (χ0) is 26.5. The molecule has 12 heteroatoms. The number of hydrogen-bond donors (Lipinski definition) is 2. The van der Waals surface area contributed by atoms with Gasteiger partial charge in [-0.05, 0) is 62.8 Å². The molecule has 1 aromatic carbocycles. The molecule has 0 saturated carbocycles. The highest BCUT2D eigenvalue weighted by Crippen LogP contribution is 2.27. The van der Waals surface area contributed by atoms with E-state index in [0.29, 0.717) is 44.8 Å². The average molecular weight is 515 g/mol. The standard InChI is InChI=1S/C24H33F3N4O5/c1-23(2,3)36-22(34)28-13-16-6-8-30(14-16)21(29-20(33)24(25,26)27)31-9-7-17-12-19(35-11-10-32)5-4-18(17)15-31/h4-5,12,16,32H,6-11,13-15H2,1-3H3,(H,28,34). The Hall–Kier alpha value is -3.02. The lowest BCUT2D eigenvalue weighted by Gasteiger charge is -2.35. The molecule has 2 heterocycles. The highest BCUT2D eigenvalue weighted by Gasteiger charge is 2.41. The zero-order valence-electron chi connectivity index (χ0n) is 20.7. The Morgan fingerprint density at radius 1 is 1.17 bits per heavy atom. The van der Waals surface area contributed by atoms with Gasteiger partial charge < -0.3 is 29.7 Å². The van der Waals surface area contributed by atoms with Gasteiger partial charge in [0.2, 0.25) is 5.96 Å². The number of fused-ring (bicyclic) bond motifs is 1. The van der Waals surface area contributed by atoms with Crippen LogP contribution < -0.4 is 10.1 Å². The van der Waals surface area contributed by atoms with E-state index in [9.17, 15) is 22.8 Å². The SMILES string of the molecule is CC(C)(C)OC(=O)NCC1CCN(C(=NC(=O)C(F)(F)F)N2CCc3cc(OCCO)ccc3C2)C1. The number of halogens is 3. The maximum absolute atomic E-state index is 13.1. The topological polar surface area (TPSA) is 104 Å². The summed E-state index contributed by atoms with van der Waals surface area (Å²) < 4.78 is 49.9. The van der Waals surface area contributed by atoms with Gasteiger partial charge in [-0.3, -0.25) is 4.79 Å². The van der Waals surface area contributed by atoms with Gasteiger partial charge in [-0.25, -0.2) is 4.79 Å². The number of guanidine groups is 1. The Morgan fingerprint density at radius 2 is 1.92 bits per heavy atom. The predicted molar refractivity (Wildman–Crippen MR) is 126 cm³/mol. The van der Waals surface area contributed by atoms with Crippen LogP contribution >= 0.6 is 0 Å². The van der Waals surface area contributed by atoms with Gasteiger partial charge in [0.1, 0.15) is 18.0 Å². The van der Waals surface area contributed by atoms with E-state index in [1.54, 1.807) is 36.6 Å². The summed E-state index contributed by atoms with van der Waals surface area (Å²) in [5, 5.41) is 11.6. The van der Waals surface area contributed by atoms with Crippen LogP contribution in [-0.2, 0) is 22.5 Å². The number of alkyl carbamates (subject to hydrolysis) is 1. The molecule has 1 unspecified atom stereocenters. The molecule has 36 heavy (non-hydrogen) atoms. The zero-order valence-corrected chi connectivity index (χ0v) is 20.7. The van der Waals surface area contributed by atoms with Crippen LogP contribution in [0.3, 0.4) is 0 Å². The number of nitrogens with zero attached hydrogens (tertiary/aromatic N) is 3. The van der Waals surface area contributed by atoms with Crippen LogP contribution in [0.4, 0.5) is 18.0 Å². The van der Waals surface area contributed by atoms with Crippen LogP contribution in [0.2, 0.25) is 0 Å². The van der Waals surface area contributed by atoms with Crippen molar-refractivity contribution in [1.29, 1.82) is 0 Å². The van der Waals surface area contributed by atoms with Gasteiger partial charge in [0, 0.05) is 32.7 Å². The van der Waals surface area contributed by atoms with E-state index in [4.69, 9.17) is 14.6 Å². The number of likely N-dealkylation sites (tertiary alicyclic amines) is 1. The first kappa shape index (κ1) is 27.6. The molecule has 0 aromatic heterocycles. The third-order valence-electron chi connectivity index (χ3n) is 5.78. The molecule has 9 nitrogen and oxygen atoms in total. The van der Waals surface area contributed by atoms with Gasteiger partial charge in [-0.1, -0.05) is 6.07 Å². The fraction of sp³-hybridized carbons (Fsp3) is 0.625. The Kier molecular flexibility index (Phi) is 8.70. The van der Waals surface area contributed by atoms with Crippen molar-refractivity contribution in [3.05, 3.63) is 29.3 Å².